The number of hydrogen-bond acceptors (Lipinski definition) is 6. The van der Waals surface area contributed by atoms with Crippen LogP contribution >= 0.6 is 0 Å². The highest BCUT2D eigenvalue weighted by Crippen LogP contribution is 2.33. The van der Waals surface area contributed by atoms with Crippen molar-refractivity contribution in [1.29, 1.82) is 0 Å². The van der Waals surface area contributed by atoms with E-state index in [2.05, 4.69) is 43.7 Å². The topological polar surface area (TPSA) is 90.5 Å². The summed E-state index contributed by atoms with van der Waals surface area (Å²) in [5.74, 6) is -0.255. The molecule has 0 saturated carbocycles. The number of amides is 2. The van der Waals surface area contributed by atoms with Crippen molar-refractivity contribution in [3.05, 3.63) is 77.9 Å². The molecule has 200 valence electrons. The Morgan fingerprint density at radius 1 is 0.872 bits per heavy atom. The Labute approximate surface area is 229 Å². The Hall–Kier alpha value is -4.04. The van der Waals surface area contributed by atoms with Crippen LogP contribution in [0.15, 0.2) is 61.1 Å². The van der Waals surface area contributed by atoms with Crippen LogP contribution in [0.5, 0.6) is 0 Å². The monoisotopic (exact) mass is 522 g/mol. The first kappa shape index (κ1) is 25.2. The minimum absolute atomic E-state index is 0.0533. The van der Waals surface area contributed by atoms with Crippen LogP contribution in [0.2, 0.25) is 0 Å². The Bertz CT molecular complexity index is 1390. The number of aromatic nitrogens is 2. The lowest BCUT2D eigenvalue weighted by Gasteiger charge is -2.26. The summed E-state index contributed by atoms with van der Waals surface area (Å²) in [4.78, 5) is 39.1. The molecule has 0 aliphatic carbocycles. The van der Waals surface area contributed by atoms with Crippen molar-refractivity contribution in [2.45, 2.75) is 38.6 Å². The van der Waals surface area contributed by atoms with Gasteiger partial charge < -0.3 is 15.5 Å². The Balaban J connectivity index is 1.17. The number of carbonyl (C=O) groups is 2. The first-order valence-corrected chi connectivity index (χ1v) is 14.0. The van der Waals surface area contributed by atoms with Gasteiger partial charge in [0.2, 0.25) is 0 Å². The first-order valence-electron chi connectivity index (χ1n) is 14.0. The molecule has 2 saturated heterocycles. The number of carbonyl (C=O) groups excluding carboxylic acids is 2. The molecule has 2 aromatic heterocycles. The van der Waals surface area contributed by atoms with E-state index in [1.807, 2.05) is 29.4 Å². The van der Waals surface area contributed by atoms with Crippen LogP contribution in [-0.4, -0.2) is 64.3 Å². The first-order chi connectivity index (χ1) is 19.1. The average molecular weight is 523 g/mol. The third kappa shape index (κ3) is 5.71. The Morgan fingerprint density at radius 2 is 1.69 bits per heavy atom. The zero-order valence-corrected chi connectivity index (χ0v) is 22.2. The van der Waals surface area contributed by atoms with Crippen molar-refractivity contribution in [2.75, 3.05) is 43.4 Å². The van der Waals surface area contributed by atoms with Crippen molar-refractivity contribution in [2.24, 2.45) is 0 Å². The van der Waals surface area contributed by atoms with E-state index >= 15 is 0 Å². The molecule has 2 fully saturated rings. The number of likely N-dealkylation sites (tertiary alicyclic amines) is 2. The highest BCUT2D eigenvalue weighted by atomic mass is 16.2. The molecule has 2 amide bonds. The highest BCUT2D eigenvalue weighted by Gasteiger charge is 2.22. The Kier molecular flexibility index (Phi) is 7.36. The molecule has 1 aromatic carbocycles. The number of pyridine rings is 2. The fourth-order valence-corrected chi connectivity index (χ4v) is 5.67. The third-order valence-corrected chi connectivity index (χ3v) is 7.77. The molecule has 0 atom stereocenters. The third-order valence-electron chi connectivity index (χ3n) is 7.77. The predicted octanol–water partition coefficient (Wildman–Crippen LogP) is 4.81. The maximum atomic E-state index is 13.4. The lowest BCUT2D eigenvalue weighted by molar-refractivity contribution is -0.111. The molecule has 2 N–H and O–H groups in total. The number of piperidine rings is 1. The van der Waals surface area contributed by atoms with E-state index in [-0.39, 0.29) is 11.8 Å². The summed E-state index contributed by atoms with van der Waals surface area (Å²) in [6.45, 7) is 5.33. The van der Waals surface area contributed by atoms with Gasteiger partial charge in [-0.05, 0) is 80.2 Å². The van der Waals surface area contributed by atoms with Crippen molar-refractivity contribution in [3.63, 3.8) is 0 Å². The van der Waals surface area contributed by atoms with Gasteiger partial charge in [0, 0.05) is 61.0 Å². The number of anilines is 2. The van der Waals surface area contributed by atoms with Crippen molar-refractivity contribution in [3.8, 4) is 11.1 Å². The van der Waals surface area contributed by atoms with Crippen LogP contribution in [0.1, 0.15) is 53.7 Å². The molecule has 3 aliphatic heterocycles. The van der Waals surface area contributed by atoms with Crippen LogP contribution in [0, 0.1) is 0 Å². The normalized spacial score (nSPS) is 17.2. The van der Waals surface area contributed by atoms with Crippen LogP contribution in [0.3, 0.4) is 0 Å². The van der Waals surface area contributed by atoms with Gasteiger partial charge in [0.1, 0.15) is 5.69 Å². The van der Waals surface area contributed by atoms with Crippen molar-refractivity contribution >= 4 is 28.8 Å². The summed E-state index contributed by atoms with van der Waals surface area (Å²) < 4.78 is 0. The van der Waals surface area contributed by atoms with Crippen molar-refractivity contribution in [1.82, 2.24) is 19.8 Å². The molecule has 5 heterocycles. The zero-order chi connectivity index (χ0) is 26.6. The minimum Gasteiger partial charge on any atom is -0.381 e. The summed E-state index contributed by atoms with van der Waals surface area (Å²) in [5, 5.41) is 6.33. The van der Waals surface area contributed by atoms with E-state index in [1.165, 1.54) is 24.8 Å². The van der Waals surface area contributed by atoms with E-state index in [0.717, 1.165) is 67.9 Å². The molecule has 0 radical (unpaired) electrons. The molecule has 0 bridgehead atoms. The number of rotatable bonds is 6. The summed E-state index contributed by atoms with van der Waals surface area (Å²) in [6, 6.07) is 11.8. The van der Waals surface area contributed by atoms with Gasteiger partial charge in [-0.1, -0.05) is 18.6 Å². The number of hydrogen-bond donors (Lipinski definition) is 2. The second-order valence-electron chi connectivity index (χ2n) is 10.6. The van der Waals surface area contributed by atoms with Crippen LogP contribution in [-0.2, 0) is 11.3 Å². The van der Waals surface area contributed by atoms with Gasteiger partial charge in [0.15, 0.2) is 0 Å². The summed E-state index contributed by atoms with van der Waals surface area (Å²) in [7, 11) is 0. The predicted molar refractivity (Wildman–Crippen MR) is 153 cm³/mol. The van der Waals surface area contributed by atoms with E-state index in [4.69, 9.17) is 0 Å². The van der Waals surface area contributed by atoms with E-state index in [1.54, 1.807) is 18.3 Å². The molecule has 3 aliphatic rings. The maximum absolute atomic E-state index is 13.4. The summed E-state index contributed by atoms with van der Waals surface area (Å²) in [6.07, 6.45) is 13.2. The fourth-order valence-electron chi connectivity index (χ4n) is 5.67. The Morgan fingerprint density at radius 3 is 2.49 bits per heavy atom. The van der Waals surface area contributed by atoms with Crippen molar-refractivity contribution < 1.29 is 9.59 Å². The minimum atomic E-state index is -0.202. The maximum Gasteiger partial charge on any atom is 0.272 e. The van der Waals surface area contributed by atoms with Gasteiger partial charge in [-0.3, -0.25) is 19.5 Å². The van der Waals surface area contributed by atoms with E-state index in [9.17, 15) is 9.59 Å². The quantitative estimate of drug-likeness (QED) is 0.483. The van der Waals surface area contributed by atoms with Gasteiger partial charge in [-0.15, -0.1) is 0 Å². The molecule has 6 rings (SSSR count). The number of nitrogens with zero attached hydrogens (tertiary/aromatic N) is 4. The van der Waals surface area contributed by atoms with E-state index < -0.39 is 0 Å². The standard InChI is InChI=1S/C31H34N6O2/c38-30(35-25-7-9-29(34-20-25)31(39)37-14-4-5-15-37)26-10-11-33-28-8-6-23(17-27(26)28)24-16-22(18-32-19-24)21-36-12-2-1-3-13-36/h6-10,16-20,33H,1-5,11-15,21H2,(H,35,38). The number of fused-ring (bicyclic) bond motifs is 1. The van der Waals surface area contributed by atoms with E-state index in [0.29, 0.717) is 23.5 Å². The molecule has 0 unspecified atom stereocenters. The molecule has 3 aromatic rings. The van der Waals surface area contributed by atoms with Gasteiger partial charge in [0.05, 0.1) is 11.9 Å². The van der Waals surface area contributed by atoms with Crippen LogP contribution < -0.4 is 10.6 Å². The largest absolute Gasteiger partial charge is 0.381 e. The lowest BCUT2D eigenvalue weighted by atomic mass is 9.94. The van der Waals surface area contributed by atoms with Gasteiger partial charge in [-0.25, -0.2) is 4.98 Å². The second kappa shape index (κ2) is 11.4. The highest BCUT2D eigenvalue weighted by molar-refractivity contribution is 6.27. The molecule has 39 heavy (non-hydrogen) atoms. The number of nitrogens with one attached hydrogen (secondary N) is 2. The smallest absolute Gasteiger partial charge is 0.272 e. The van der Waals surface area contributed by atoms with Gasteiger partial charge in [0.25, 0.3) is 11.8 Å². The second-order valence-corrected chi connectivity index (χ2v) is 10.6. The fraction of sp³-hybridized carbons (Fsp3) is 0.355. The van der Waals surface area contributed by atoms with Crippen LogP contribution in [0.25, 0.3) is 16.7 Å². The summed E-state index contributed by atoms with van der Waals surface area (Å²) in [5.41, 5.74) is 6.63. The molecule has 0 spiro atoms. The SMILES string of the molecule is O=C(Nc1ccc(C(=O)N2CCCC2)nc1)C1=CCNc2ccc(-c3cncc(CN4CCCCC4)c3)cc21. The molecule has 8 nitrogen and oxygen atoms in total. The molecular formula is C31H34N6O2. The molecular weight excluding hydrogens is 488 g/mol. The van der Waals surface area contributed by atoms with Crippen LogP contribution in [0.4, 0.5) is 11.4 Å². The summed E-state index contributed by atoms with van der Waals surface area (Å²) >= 11 is 0. The lowest BCUT2D eigenvalue weighted by Crippen LogP contribution is -2.29. The molecule has 8 heteroatoms. The van der Waals surface area contributed by atoms with Gasteiger partial charge >= 0.3 is 0 Å². The zero-order valence-electron chi connectivity index (χ0n) is 22.2. The van der Waals surface area contributed by atoms with Gasteiger partial charge in [-0.2, -0.15) is 0 Å². The average Bonchev–Trinajstić information content (AvgIpc) is 3.52. The number of benzene rings is 1.